The maximum atomic E-state index is 10.9. The number of rotatable bonds is 9. The zero-order chi connectivity index (χ0) is 26.8. The van der Waals surface area contributed by atoms with Gasteiger partial charge < -0.3 is 0 Å². The van der Waals surface area contributed by atoms with Crippen molar-refractivity contribution in [3.8, 4) is 0 Å². The van der Waals surface area contributed by atoms with E-state index in [4.69, 9.17) is 24.4 Å². The molecule has 34 heavy (non-hydrogen) atoms. The molecule has 1 saturated carbocycles. The van der Waals surface area contributed by atoms with Crippen LogP contribution >= 0.6 is 0 Å². The van der Waals surface area contributed by atoms with Crippen LogP contribution in [-0.4, -0.2) is 28.6 Å². The van der Waals surface area contributed by atoms with E-state index in [1.54, 1.807) is 20.8 Å². The molecule has 204 valence electrons. The maximum absolute atomic E-state index is 10.9. The second-order valence-corrected chi connectivity index (χ2v) is 13.1. The molecule has 8 nitrogen and oxygen atoms in total. The quantitative estimate of drug-likeness (QED) is 0.187. The molecule has 0 radical (unpaired) electrons. The molecule has 1 unspecified atom stereocenters. The Morgan fingerprint density at radius 3 is 1.68 bits per heavy atom. The first-order valence-electron chi connectivity index (χ1n) is 12.5. The Hall–Kier alpha value is -0.770. The van der Waals surface area contributed by atoms with Gasteiger partial charge in [-0.25, -0.2) is 14.6 Å². The number of carbonyl (C=O) groups excluding carboxylic acids is 1. The van der Waals surface area contributed by atoms with Crippen molar-refractivity contribution in [1.29, 1.82) is 0 Å². The van der Waals surface area contributed by atoms with E-state index >= 15 is 0 Å². The van der Waals surface area contributed by atoms with E-state index < -0.39 is 17.4 Å². The van der Waals surface area contributed by atoms with E-state index in [9.17, 15) is 4.79 Å². The highest BCUT2D eigenvalue weighted by molar-refractivity contribution is 5.68. The molecule has 8 heteroatoms. The van der Waals surface area contributed by atoms with Crippen molar-refractivity contribution in [3.05, 3.63) is 0 Å². The smallest absolute Gasteiger partial charge is 0.269 e. The van der Waals surface area contributed by atoms with Gasteiger partial charge in [-0.2, -0.15) is 14.7 Å². The molecule has 0 N–H and O–H groups in total. The SMILES string of the molecule is CC1CC(C)(C)CC(OOC(C)(C)C)(OOC(C)(C)C)C1.CCCCC(=O)OOOC(C)(C)C. The second-order valence-electron chi connectivity index (χ2n) is 13.1. The fourth-order valence-electron chi connectivity index (χ4n) is 3.48. The zero-order valence-electron chi connectivity index (χ0n) is 24.1. The van der Waals surface area contributed by atoms with Crippen LogP contribution in [0.3, 0.4) is 0 Å². The topological polar surface area (TPSA) is 81.7 Å². The Kier molecular flexibility index (Phi) is 13.2. The first kappa shape index (κ1) is 33.2. The van der Waals surface area contributed by atoms with Crippen molar-refractivity contribution >= 4 is 5.97 Å². The highest BCUT2D eigenvalue weighted by Crippen LogP contribution is 2.47. The van der Waals surface area contributed by atoms with Gasteiger partial charge in [0.15, 0.2) is 0 Å². The third kappa shape index (κ3) is 17.6. The lowest BCUT2D eigenvalue weighted by atomic mass is 9.70. The van der Waals surface area contributed by atoms with Gasteiger partial charge in [0.05, 0.1) is 16.8 Å². The van der Waals surface area contributed by atoms with Gasteiger partial charge in [-0.1, -0.05) is 34.1 Å². The molecule has 1 aliphatic rings. The summed E-state index contributed by atoms with van der Waals surface area (Å²) >= 11 is 0. The molecule has 1 atom stereocenters. The Morgan fingerprint density at radius 2 is 1.29 bits per heavy atom. The monoisotopic (exact) mass is 492 g/mol. The molecule has 0 amide bonds. The van der Waals surface area contributed by atoms with Crippen molar-refractivity contribution in [2.24, 2.45) is 11.3 Å². The summed E-state index contributed by atoms with van der Waals surface area (Å²) in [7, 11) is 0. The minimum Gasteiger partial charge on any atom is -0.269 e. The highest BCUT2D eigenvalue weighted by atomic mass is 17.5. The summed E-state index contributed by atoms with van der Waals surface area (Å²) < 4.78 is 0. The van der Waals surface area contributed by atoms with E-state index in [1.165, 1.54) is 0 Å². The molecular formula is C26H52O8. The number of carbonyl (C=O) groups is 1. The van der Waals surface area contributed by atoms with Crippen LogP contribution in [0.25, 0.3) is 0 Å². The van der Waals surface area contributed by atoms with E-state index in [2.05, 4.69) is 30.7 Å². The molecule has 0 aliphatic heterocycles. The predicted octanol–water partition coefficient (Wildman–Crippen LogP) is 7.40. The first-order chi connectivity index (χ1) is 15.2. The molecule has 0 spiro atoms. The fraction of sp³-hybridized carbons (Fsp3) is 0.962. The Bertz CT molecular complexity index is 563. The van der Waals surface area contributed by atoms with Gasteiger partial charge in [0.2, 0.25) is 5.79 Å². The summed E-state index contributed by atoms with van der Waals surface area (Å²) in [5.74, 6) is -0.756. The van der Waals surface area contributed by atoms with E-state index in [-0.39, 0.29) is 16.6 Å². The molecule has 0 aromatic heterocycles. The average Bonchev–Trinajstić information content (AvgIpc) is 2.60. The summed E-state index contributed by atoms with van der Waals surface area (Å²) in [5, 5.41) is 4.31. The lowest BCUT2D eigenvalue weighted by Crippen LogP contribution is -2.48. The van der Waals surface area contributed by atoms with Crippen molar-refractivity contribution in [3.63, 3.8) is 0 Å². The fourth-order valence-corrected chi connectivity index (χ4v) is 3.48. The molecule has 0 aromatic rings. The third-order valence-electron chi connectivity index (χ3n) is 4.34. The van der Waals surface area contributed by atoms with Crippen molar-refractivity contribution in [2.75, 3.05) is 0 Å². The maximum Gasteiger partial charge on any atom is 0.345 e. The van der Waals surface area contributed by atoms with Crippen LogP contribution in [-0.2, 0) is 39.2 Å². The van der Waals surface area contributed by atoms with Gasteiger partial charge in [0, 0.05) is 19.3 Å². The van der Waals surface area contributed by atoms with Crippen molar-refractivity contribution < 1.29 is 39.2 Å². The van der Waals surface area contributed by atoms with Crippen LogP contribution in [0.5, 0.6) is 0 Å². The Labute approximate surface area is 208 Å². The van der Waals surface area contributed by atoms with Gasteiger partial charge in [-0.15, -0.1) is 0 Å². The molecule has 0 aromatic carbocycles. The summed E-state index contributed by atoms with van der Waals surface area (Å²) in [6, 6.07) is 0. The standard InChI is InChI=1S/C17H34O4.C9H18O4/c1-13-10-16(8,9)12-17(11-13,20-18-14(2,3)4)21-19-15(5,6)7;1-5-6-7-8(10)11-13-12-9(2,3)4/h13H,10-12H2,1-9H3;5-7H2,1-4H3. The first-order valence-corrected chi connectivity index (χ1v) is 12.5. The highest BCUT2D eigenvalue weighted by Gasteiger charge is 2.48. The summed E-state index contributed by atoms with van der Waals surface area (Å²) in [6.07, 6.45) is 4.78. The largest absolute Gasteiger partial charge is 0.345 e. The van der Waals surface area contributed by atoms with Crippen LogP contribution in [0, 0.1) is 11.3 Å². The lowest BCUT2D eigenvalue weighted by molar-refractivity contribution is -0.551. The molecule has 0 bridgehead atoms. The van der Waals surface area contributed by atoms with Crippen LogP contribution in [0.1, 0.15) is 129 Å². The van der Waals surface area contributed by atoms with Crippen molar-refractivity contribution in [2.45, 2.75) is 151 Å². The third-order valence-corrected chi connectivity index (χ3v) is 4.34. The van der Waals surface area contributed by atoms with Gasteiger partial charge in [-0.3, -0.25) is 4.89 Å². The van der Waals surface area contributed by atoms with Crippen molar-refractivity contribution in [1.82, 2.24) is 0 Å². The van der Waals surface area contributed by atoms with Gasteiger partial charge >= 0.3 is 5.97 Å². The Balaban J connectivity index is 0.000000722. The minimum absolute atomic E-state index is 0.125. The van der Waals surface area contributed by atoms with Gasteiger partial charge in [-0.05, 0) is 91.5 Å². The van der Waals surface area contributed by atoms with E-state index in [1.807, 2.05) is 48.5 Å². The molecule has 1 rings (SSSR count). The molecule has 0 heterocycles. The average molecular weight is 493 g/mol. The summed E-state index contributed by atoms with van der Waals surface area (Å²) in [6.45, 7) is 25.8. The molecule has 0 saturated heterocycles. The molecule has 1 fully saturated rings. The Morgan fingerprint density at radius 1 is 0.824 bits per heavy atom. The lowest BCUT2D eigenvalue weighted by Gasteiger charge is -2.46. The van der Waals surface area contributed by atoms with E-state index in [0.717, 1.165) is 32.1 Å². The van der Waals surface area contributed by atoms with Crippen LogP contribution < -0.4 is 0 Å². The van der Waals surface area contributed by atoms with E-state index in [0.29, 0.717) is 12.3 Å². The van der Waals surface area contributed by atoms with Crippen LogP contribution in [0.15, 0.2) is 0 Å². The predicted molar refractivity (Wildman–Crippen MR) is 131 cm³/mol. The molecular weight excluding hydrogens is 440 g/mol. The van der Waals surface area contributed by atoms with Crippen LogP contribution in [0.4, 0.5) is 0 Å². The summed E-state index contributed by atoms with van der Waals surface area (Å²) in [5.41, 5.74) is -1.11. The zero-order valence-corrected chi connectivity index (χ0v) is 24.1. The second kappa shape index (κ2) is 13.5. The number of hydrogen-bond acceptors (Lipinski definition) is 8. The number of hydrogen-bond donors (Lipinski definition) is 0. The van der Waals surface area contributed by atoms with Gasteiger partial charge in [0.1, 0.15) is 0 Å². The normalized spacial score (nSPS) is 20.3. The number of unbranched alkanes of at least 4 members (excludes halogenated alkanes) is 1. The van der Waals surface area contributed by atoms with Gasteiger partial charge in [0.25, 0.3) is 0 Å². The summed E-state index contributed by atoms with van der Waals surface area (Å²) in [4.78, 5) is 42.7. The molecule has 1 aliphatic carbocycles. The minimum atomic E-state index is -0.846. The van der Waals surface area contributed by atoms with Crippen LogP contribution in [0.2, 0.25) is 0 Å².